The molecule has 0 N–H and O–H groups in total. The van der Waals surface area contributed by atoms with E-state index in [1.54, 1.807) is 0 Å². The van der Waals surface area contributed by atoms with Crippen LogP contribution in [0.1, 0.15) is 19.3 Å². The molecule has 1 aliphatic rings. The molecule has 1 fully saturated rings. The third-order valence-electron chi connectivity index (χ3n) is 6.01. The van der Waals surface area contributed by atoms with Crippen molar-refractivity contribution in [1.82, 2.24) is 14.6 Å². The average Bonchev–Trinajstić information content (AvgIpc) is 3.18. The summed E-state index contributed by atoms with van der Waals surface area (Å²) < 4.78 is 2.04. The van der Waals surface area contributed by atoms with Gasteiger partial charge in [0.2, 0.25) is 0 Å². The molecule has 3 aromatic carbocycles. The van der Waals surface area contributed by atoms with Crippen LogP contribution in [0.25, 0.3) is 38.7 Å². The summed E-state index contributed by atoms with van der Waals surface area (Å²) in [4.78, 5) is 7.43. The fourth-order valence-electron chi connectivity index (χ4n) is 4.52. The second kappa shape index (κ2) is 6.59. The minimum atomic E-state index is 0.922. The van der Waals surface area contributed by atoms with Gasteiger partial charge in [0.15, 0.2) is 5.65 Å². The van der Waals surface area contributed by atoms with E-state index in [-0.39, 0.29) is 0 Å². The van der Waals surface area contributed by atoms with Crippen LogP contribution in [-0.4, -0.2) is 27.7 Å². The van der Waals surface area contributed by atoms with Crippen LogP contribution in [0.3, 0.4) is 0 Å². The van der Waals surface area contributed by atoms with Gasteiger partial charge in [-0.25, -0.2) is 9.50 Å². The fraction of sp³-hybridized carbons (Fsp3) is 0.200. The maximum Gasteiger partial charge on any atom is 0.162 e. The lowest BCUT2D eigenvalue weighted by Crippen LogP contribution is -2.29. The standard InChI is InChI=1S/C25H22N4/c1-3-9-18(10-4-1)24-20-11-5-6-12-21(20)25-26-22-14-13-19(17-23(22)29(25)27-24)28-15-7-2-8-16-28/h1,3-6,9-14,17H,2,7-8,15-16H2. The maximum atomic E-state index is 5.08. The van der Waals surface area contributed by atoms with Crippen LogP contribution in [0.4, 0.5) is 5.69 Å². The van der Waals surface area contributed by atoms with E-state index in [1.807, 2.05) is 10.6 Å². The molecule has 3 heterocycles. The highest BCUT2D eigenvalue weighted by atomic mass is 15.3. The lowest BCUT2D eigenvalue weighted by atomic mass is 10.1. The van der Waals surface area contributed by atoms with Gasteiger partial charge in [-0.05, 0) is 37.5 Å². The summed E-state index contributed by atoms with van der Waals surface area (Å²) >= 11 is 0. The van der Waals surface area contributed by atoms with E-state index in [0.29, 0.717) is 0 Å². The Morgan fingerprint density at radius 3 is 2.31 bits per heavy atom. The zero-order valence-corrected chi connectivity index (χ0v) is 16.3. The Morgan fingerprint density at radius 2 is 1.48 bits per heavy atom. The molecule has 5 aromatic rings. The number of hydrogen-bond acceptors (Lipinski definition) is 3. The van der Waals surface area contributed by atoms with Crippen molar-refractivity contribution >= 4 is 33.1 Å². The monoisotopic (exact) mass is 378 g/mol. The van der Waals surface area contributed by atoms with Crippen LogP contribution in [-0.2, 0) is 0 Å². The molecule has 0 radical (unpaired) electrons. The highest BCUT2D eigenvalue weighted by Gasteiger charge is 2.16. The molecule has 1 aliphatic heterocycles. The zero-order chi connectivity index (χ0) is 19.2. The van der Waals surface area contributed by atoms with Gasteiger partial charge in [0.1, 0.15) is 0 Å². The van der Waals surface area contributed by atoms with Gasteiger partial charge in [0.05, 0.1) is 16.7 Å². The minimum Gasteiger partial charge on any atom is -0.371 e. The van der Waals surface area contributed by atoms with Gasteiger partial charge in [-0.2, -0.15) is 5.10 Å². The lowest BCUT2D eigenvalue weighted by molar-refractivity contribution is 0.578. The van der Waals surface area contributed by atoms with E-state index < -0.39 is 0 Å². The van der Waals surface area contributed by atoms with Gasteiger partial charge in [0.25, 0.3) is 0 Å². The van der Waals surface area contributed by atoms with Crippen molar-refractivity contribution in [2.24, 2.45) is 0 Å². The molecule has 1 saturated heterocycles. The Hall–Kier alpha value is -3.40. The summed E-state index contributed by atoms with van der Waals surface area (Å²) in [6.07, 6.45) is 3.88. The van der Waals surface area contributed by atoms with Crippen molar-refractivity contribution in [2.75, 3.05) is 18.0 Å². The normalized spacial score (nSPS) is 14.8. The van der Waals surface area contributed by atoms with Crippen molar-refractivity contribution in [3.05, 3.63) is 72.8 Å². The molecule has 2 aromatic heterocycles. The number of aromatic nitrogens is 3. The van der Waals surface area contributed by atoms with Crippen molar-refractivity contribution in [1.29, 1.82) is 0 Å². The molecule has 6 rings (SSSR count). The van der Waals surface area contributed by atoms with Gasteiger partial charge in [-0.1, -0.05) is 54.6 Å². The van der Waals surface area contributed by atoms with E-state index >= 15 is 0 Å². The fourth-order valence-corrected chi connectivity index (χ4v) is 4.52. The summed E-state index contributed by atoms with van der Waals surface area (Å²) in [6, 6.07) is 25.5. The van der Waals surface area contributed by atoms with Crippen LogP contribution in [0.5, 0.6) is 0 Å². The molecule has 0 amide bonds. The van der Waals surface area contributed by atoms with Gasteiger partial charge < -0.3 is 4.90 Å². The molecular formula is C25H22N4. The number of nitrogens with zero attached hydrogens (tertiary/aromatic N) is 4. The first kappa shape index (κ1) is 16.5. The summed E-state index contributed by atoms with van der Waals surface area (Å²) in [7, 11) is 0. The van der Waals surface area contributed by atoms with Crippen molar-refractivity contribution in [2.45, 2.75) is 19.3 Å². The predicted molar refractivity (Wildman–Crippen MR) is 119 cm³/mol. The molecule has 0 spiro atoms. The van der Waals surface area contributed by atoms with E-state index in [2.05, 4.69) is 71.6 Å². The molecule has 0 unspecified atom stereocenters. The Morgan fingerprint density at radius 1 is 0.724 bits per heavy atom. The van der Waals surface area contributed by atoms with Crippen LogP contribution >= 0.6 is 0 Å². The number of hydrogen-bond donors (Lipinski definition) is 0. The van der Waals surface area contributed by atoms with Gasteiger partial charge in [0, 0.05) is 35.1 Å². The predicted octanol–water partition coefficient (Wildman–Crippen LogP) is 5.69. The quantitative estimate of drug-likeness (QED) is 0.395. The molecule has 0 bridgehead atoms. The van der Waals surface area contributed by atoms with Gasteiger partial charge in [-0.3, -0.25) is 0 Å². The van der Waals surface area contributed by atoms with Crippen molar-refractivity contribution in [3.8, 4) is 11.3 Å². The largest absolute Gasteiger partial charge is 0.371 e. The Labute approximate surface area is 169 Å². The lowest BCUT2D eigenvalue weighted by Gasteiger charge is -2.28. The van der Waals surface area contributed by atoms with Crippen LogP contribution in [0.15, 0.2) is 72.8 Å². The first-order valence-corrected chi connectivity index (χ1v) is 10.4. The van der Waals surface area contributed by atoms with Crippen LogP contribution in [0, 0.1) is 0 Å². The SMILES string of the molecule is c1ccc(-c2nn3c4cc(N5CCCCC5)ccc4nc3c3ccccc23)cc1. The smallest absolute Gasteiger partial charge is 0.162 e. The number of anilines is 1. The number of piperidine rings is 1. The topological polar surface area (TPSA) is 33.4 Å². The highest BCUT2D eigenvalue weighted by Crippen LogP contribution is 2.32. The second-order valence-corrected chi connectivity index (χ2v) is 7.83. The molecule has 142 valence electrons. The Balaban J connectivity index is 1.65. The van der Waals surface area contributed by atoms with Crippen molar-refractivity contribution in [3.63, 3.8) is 0 Å². The zero-order valence-electron chi connectivity index (χ0n) is 16.3. The molecule has 0 saturated carbocycles. The number of rotatable bonds is 2. The Kier molecular flexibility index (Phi) is 3.76. The van der Waals surface area contributed by atoms with Crippen LogP contribution in [0.2, 0.25) is 0 Å². The van der Waals surface area contributed by atoms with Gasteiger partial charge >= 0.3 is 0 Å². The second-order valence-electron chi connectivity index (χ2n) is 7.83. The molecule has 29 heavy (non-hydrogen) atoms. The molecule has 0 aliphatic carbocycles. The first-order chi connectivity index (χ1) is 14.4. The summed E-state index contributed by atoms with van der Waals surface area (Å²) in [6.45, 7) is 2.27. The van der Waals surface area contributed by atoms with E-state index in [4.69, 9.17) is 10.1 Å². The molecule has 4 heteroatoms. The molecule has 4 nitrogen and oxygen atoms in total. The number of imidazole rings is 1. The summed E-state index contributed by atoms with van der Waals surface area (Å²) in [5, 5.41) is 7.36. The van der Waals surface area contributed by atoms with Gasteiger partial charge in [-0.15, -0.1) is 0 Å². The highest BCUT2D eigenvalue weighted by molar-refractivity contribution is 6.04. The van der Waals surface area contributed by atoms with E-state index in [9.17, 15) is 0 Å². The molecule has 0 atom stereocenters. The van der Waals surface area contributed by atoms with Crippen LogP contribution < -0.4 is 4.90 Å². The minimum absolute atomic E-state index is 0.922. The van der Waals surface area contributed by atoms with E-state index in [1.165, 1.54) is 24.9 Å². The average molecular weight is 378 g/mol. The molecular weight excluding hydrogens is 356 g/mol. The van der Waals surface area contributed by atoms with E-state index in [0.717, 1.165) is 51.8 Å². The first-order valence-electron chi connectivity index (χ1n) is 10.4. The third-order valence-corrected chi connectivity index (χ3v) is 6.01. The number of fused-ring (bicyclic) bond motifs is 5. The summed E-state index contributed by atoms with van der Waals surface area (Å²) in [5.41, 5.74) is 6.39. The summed E-state index contributed by atoms with van der Waals surface area (Å²) in [5.74, 6) is 0. The number of benzene rings is 3. The Bertz CT molecular complexity index is 1330. The van der Waals surface area contributed by atoms with Crippen molar-refractivity contribution < 1.29 is 0 Å². The third kappa shape index (κ3) is 2.67. The maximum absolute atomic E-state index is 5.08.